The van der Waals surface area contributed by atoms with Gasteiger partial charge in [-0.15, -0.1) is 0 Å². The number of aliphatic hydroxyl groups excluding tert-OH is 1. The quantitative estimate of drug-likeness (QED) is 0.799. The van der Waals surface area contributed by atoms with Gasteiger partial charge in [-0.3, -0.25) is 0 Å². The van der Waals surface area contributed by atoms with Crippen LogP contribution >= 0.6 is 0 Å². The van der Waals surface area contributed by atoms with E-state index in [-0.39, 0.29) is 12.4 Å². The zero-order valence-corrected chi connectivity index (χ0v) is 15.4. The molecule has 5 nitrogen and oxygen atoms in total. The Labute approximate surface area is 148 Å². The Balaban J connectivity index is 2.91. The largest absolute Gasteiger partial charge is 0.487 e. The first kappa shape index (κ1) is 20.8. The number of rotatable bonds is 5. The predicted octanol–water partition coefficient (Wildman–Crippen LogP) is 3.24. The van der Waals surface area contributed by atoms with Crippen molar-refractivity contribution in [2.45, 2.75) is 58.8 Å². The van der Waals surface area contributed by atoms with Crippen LogP contribution in [0.5, 0.6) is 5.75 Å². The van der Waals surface area contributed by atoms with E-state index in [0.717, 1.165) is 0 Å². The number of carbonyl (C=O) groups is 1. The van der Waals surface area contributed by atoms with E-state index in [4.69, 9.17) is 14.6 Å². The SMILES string of the molecule is CC[C@@H](C#Cc1ccc(F)cc1O[C@@H](C)CO)NC(=O)OC(C)(C)C. The van der Waals surface area contributed by atoms with Gasteiger partial charge in [-0.2, -0.15) is 0 Å². The molecule has 0 fully saturated rings. The Kier molecular flexibility index (Phi) is 7.72. The fourth-order valence-corrected chi connectivity index (χ4v) is 1.81. The van der Waals surface area contributed by atoms with Crippen molar-refractivity contribution in [1.82, 2.24) is 5.32 Å². The molecule has 6 heteroatoms. The van der Waals surface area contributed by atoms with Gasteiger partial charge in [0.1, 0.15) is 23.3 Å². The van der Waals surface area contributed by atoms with Crippen molar-refractivity contribution >= 4 is 6.09 Å². The van der Waals surface area contributed by atoms with Crippen LogP contribution in [-0.4, -0.2) is 35.6 Å². The maximum absolute atomic E-state index is 13.4. The highest BCUT2D eigenvalue weighted by Crippen LogP contribution is 2.20. The number of carbonyl (C=O) groups excluding carboxylic acids is 1. The van der Waals surface area contributed by atoms with E-state index in [1.54, 1.807) is 27.7 Å². The molecule has 0 aliphatic heterocycles. The van der Waals surface area contributed by atoms with Crippen molar-refractivity contribution in [2.24, 2.45) is 0 Å². The molecule has 0 aliphatic rings. The van der Waals surface area contributed by atoms with Crippen LogP contribution in [0.4, 0.5) is 9.18 Å². The number of aliphatic hydroxyl groups is 1. The van der Waals surface area contributed by atoms with E-state index >= 15 is 0 Å². The van der Waals surface area contributed by atoms with Gasteiger partial charge in [0.15, 0.2) is 0 Å². The Hall–Kier alpha value is -2.26. The van der Waals surface area contributed by atoms with Crippen LogP contribution in [0.15, 0.2) is 18.2 Å². The summed E-state index contributed by atoms with van der Waals surface area (Å²) in [5, 5.41) is 11.8. The van der Waals surface area contributed by atoms with Gasteiger partial charge in [-0.1, -0.05) is 18.8 Å². The van der Waals surface area contributed by atoms with Gasteiger partial charge in [-0.25, -0.2) is 9.18 Å². The van der Waals surface area contributed by atoms with Gasteiger partial charge in [0.05, 0.1) is 18.2 Å². The van der Waals surface area contributed by atoms with E-state index < -0.39 is 29.7 Å². The normalized spacial score (nSPS) is 13.2. The highest BCUT2D eigenvalue weighted by atomic mass is 19.1. The highest BCUT2D eigenvalue weighted by Gasteiger charge is 2.18. The average molecular weight is 351 g/mol. The molecular weight excluding hydrogens is 325 g/mol. The molecule has 0 radical (unpaired) electrons. The first-order chi connectivity index (χ1) is 11.6. The number of ether oxygens (including phenoxy) is 2. The van der Waals surface area contributed by atoms with E-state index in [0.29, 0.717) is 12.0 Å². The van der Waals surface area contributed by atoms with Gasteiger partial charge in [0.2, 0.25) is 0 Å². The molecule has 138 valence electrons. The Morgan fingerprint density at radius 2 is 2.08 bits per heavy atom. The first-order valence-corrected chi connectivity index (χ1v) is 8.22. The minimum Gasteiger partial charge on any atom is -0.487 e. The van der Waals surface area contributed by atoms with Crippen LogP contribution in [0.1, 0.15) is 46.6 Å². The molecule has 1 amide bonds. The van der Waals surface area contributed by atoms with E-state index in [9.17, 15) is 9.18 Å². The minimum atomic E-state index is -0.589. The lowest BCUT2D eigenvalue weighted by Gasteiger charge is -2.21. The third-order valence-electron chi connectivity index (χ3n) is 3.01. The van der Waals surface area contributed by atoms with Crippen LogP contribution in [0, 0.1) is 17.7 Å². The minimum absolute atomic E-state index is 0.193. The molecule has 1 aromatic carbocycles. The zero-order chi connectivity index (χ0) is 19.0. The van der Waals surface area contributed by atoms with Crippen LogP contribution in [0.3, 0.4) is 0 Å². The van der Waals surface area contributed by atoms with E-state index in [1.165, 1.54) is 18.2 Å². The van der Waals surface area contributed by atoms with Crippen molar-refractivity contribution < 1.29 is 23.8 Å². The summed E-state index contributed by atoms with van der Waals surface area (Å²) in [5.74, 6) is 5.62. The Morgan fingerprint density at radius 3 is 2.64 bits per heavy atom. The molecule has 25 heavy (non-hydrogen) atoms. The van der Waals surface area contributed by atoms with E-state index in [1.807, 2.05) is 6.92 Å². The summed E-state index contributed by atoms with van der Waals surface area (Å²) < 4.78 is 24.1. The number of benzene rings is 1. The van der Waals surface area contributed by atoms with Crippen molar-refractivity contribution in [1.29, 1.82) is 0 Å². The maximum atomic E-state index is 13.4. The smallest absolute Gasteiger partial charge is 0.408 e. The molecule has 0 aromatic heterocycles. The van der Waals surface area contributed by atoms with E-state index in [2.05, 4.69) is 17.2 Å². The number of halogens is 1. The standard InChI is InChI=1S/C19H26FNO4/c1-6-16(21-18(23)25-19(3,4)5)10-8-14-7-9-15(20)11-17(14)24-13(2)12-22/h7,9,11,13,16,22H,6,12H2,1-5H3,(H,21,23)/t13-,16-/m0/s1. The predicted molar refractivity (Wildman–Crippen MR) is 93.9 cm³/mol. The summed E-state index contributed by atoms with van der Waals surface area (Å²) in [6.07, 6.45) is -0.446. The molecule has 1 rings (SSSR count). The molecule has 0 bridgehead atoms. The topological polar surface area (TPSA) is 67.8 Å². The second-order valence-corrected chi connectivity index (χ2v) is 6.63. The van der Waals surface area contributed by atoms with Crippen molar-refractivity contribution in [3.63, 3.8) is 0 Å². The third kappa shape index (κ3) is 7.90. The summed E-state index contributed by atoms with van der Waals surface area (Å²) in [6, 6.07) is 3.59. The number of hydrogen-bond donors (Lipinski definition) is 2. The zero-order valence-electron chi connectivity index (χ0n) is 15.4. The first-order valence-electron chi connectivity index (χ1n) is 8.22. The van der Waals surface area contributed by atoms with Gasteiger partial charge in [-0.05, 0) is 46.2 Å². The van der Waals surface area contributed by atoms with Gasteiger partial charge >= 0.3 is 6.09 Å². The molecule has 1 aromatic rings. The van der Waals surface area contributed by atoms with Crippen molar-refractivity contribution in [2.75, 3.05) is 6.61 Å². The van der Waals surface area contributed by atoms with Crippen molar-refractivity contribution in [3.05, 3.63) is 29.6 Å². The molecule has 0 unspecified atom stereocenters. The monoisotopic (exact) mass is 351 g/mol. The maximum Gasteiger partial charge on any atom is 0.408 e. The lowest BCUT2D eigenvalue weighted by Crippen LogP contribution is -2.38. The molecule has 2 N–H and O–H groups in total. The average Bonchev–Trinajstić information content (AvgIpc) is 2.50. The molecular formula is C19H26FNO4. The number of hydrogen-bond acceptors (Lipinski definition) is 4. The fourth-order valence-electron chi connectivity index (χ4n) is 1.81. The van der Waals surface area contributed by atoms with Gasteiger partial charge < -0.3 is 19.9 Å². The molecule has 0 heterocycles. The van der Waals surface area contributed by atoms with Gasteiger partial charge in [0, 0.05) is 6.07 Å². The van der Waals surface area contributed by atoms with Crippen molar-refractivity contribution in [3.8, 4) is 17.6 Å². The molecule has 0 saturated heterocycles. The molecule has 0 aliphatic carbocycles. The number of nitrogens with one attached hydrogen (secondary N) is 1. The van der Waals surface area contributed by atoms with Crippen LogP contribution in [0.2, 0.25) is 0 Å². The molecule has 0 saturated carbocycles. The number of amides is 1. The molecule has 2 atom stereocenters. The summed E-state index contributed by atoms with van der Waals surface area (Å²) in [4.78, 5) is 11.8. The third-order valence-corrected chi connectivity index (χ3v) is 3.01. The summed E-state index contributed by atoms with van der Waals surface area (Å²) in [7, 11) is 0. The summed E-state index contributed by atoms with van der Waals surface area (Å²) >= 11 is 0. The van der Waals surface area contributed by atoms with Crippen LogP contribution in [0.25, 0.3) is 0 Å². The summed E-state index contributed by atoms with van der Waals surface area (Å²) in [6.45, 7) is 8.70. The van der Waals surface area contributed by atoms with Gasteiger partial charge in [0.25, 0.3) is 0 Å². The Morgan fingerprint density at radius 1 is 1.40 bits per heavy atom. The lowest BCUT2D eigenvalue weighted by atomic mass is 10.1. The van der Waals surface area contributed by atoms with Crippen LogP contribution < -0.4 is 10.1 Å². The number of alkyl carbamates (subject to hydrolysis) is 1. The second kappa shape index (κ2) is 9.28. The lowest BCUT2D eigenvalue weighted by molar-refractivity contribution is 0.0515. The fraction of sp³-hybridized carbons (Fsp3) is 0.526. The highest BCUT2D eigenvalue weighted by molar-refractivity contribution is 5.68. The molecule has 0 spiro atoms. The van der Waals surface area contributed by atoms with Crippen LogP contribution in [-0.2, 0) is 4.74 Å². The summed E-state index contributed by atoms with van der Waals surface area (Å²) in [5.41, 5.74) is -0.111. The Bertz CT molecular complexity index is 643. The second-order valence-electron chi connectivity index (χ2n) is 6.63.